The highest BCUT2D eigenvalue weighted by Gasteiger charge is 2.01. The summed E-state index contributed by atoms with van der Waals surface area (Å²) in [6, 6.07) is 25.7. The molecule has 0 aliphatic rings. The highest BCUT2D eigenvalue weighted by atomic mass is 16.6. The van der Waals surface area contributed by atoms with E-state index in [2.05, 4.69) is 9.99 Å². The molecule has 3 aromatic rings. The van der Waals surface area contributed by atoms with Crippen LogP contribution in [0.25, 0.3) is 11.1 Å². The number of rotatable bonds is 8. The maximum Gasteiger partial charge on any atom is 0.344 e. The van der Waals surface area contributed by atoms with Crippen LogP contribution in [0.3, 0.4) is 0 Å². The lowest BCUT2D eigenvalue weighted by Gasteiger charge is -2.08. The van der Waals surface area contributed by atoms with Gasteiger partial charge in [-0.25, -0.2) is 4.79 Å². The number of nitrogens with zero attached hydrogens (tertiary/aromatic N) is 1. The lowest BCUT2D eigenvalue weighted by Crippen LogP contribution is -2.03. The standard InChI is InChI=1S/C22H19NO4.C2H6/c24-22(25)16-27-23-14-17-9-11-19(12-10-17)20-7-4-8-21(13-20)26-15-18-5-2-1-3-6-18;1-2/h1-14H,15-16H2,(H,24,25);1-2H3/b23-14+;. The summed E-state index contributed by atoms with van der Waals surface area (Å²) in [5.41, 5.74) is 4.03. The van der Waals surface area contributed by atoms with Crippen molar-refractivity contribution in [3.8, 4) is 16.9 Å². The Labute approximate surface area is 171 Å². The molecule has 3 rings (SSSR count). The molecule has 0 bridgehead atoms. The number of hydrogen-bond donors (Lipinski definition) is 1. The van der Waals surface area contributed by atoms with Crippen molar-refractivity contribution in [1.29, 1.82) is 0 Å². The van der Waals surface area contributed by atoms with Crippen molar-refractivity contribution >= 4 is 12.2 Å². The fourth-order valence-electron chi connectivity index (χ4n) is 2.46. The van der Waals surface area contributed by atoms with Crippen LogP contribution in [-0.4, -0.2) is 23.9 Å². The first-order valence-corrected chi connectivity index (χ1v) is 9.45. The smallest absolute Gasteiger partial charge is 0.344 e. The van der Waals surface area contributed by atoms with E-state index in [-0.39, 0.29) is 0 Å². The summed E-state index contributed by atoms with van der Waals surface area (Å²) in [4.78, 5) is 15.0. The maximum atomic E-state index is 10.4. The van der Waals surface area contributed by atoms with E-state index < -0.39 is 12.6 Å². The minimum atomic E-state index is -1.06. The molecule has 0 fully saturated rings. The number of benzene rings is 3. The highest BCUT2D eigenvalue weighted by molar-refractivity contribution is 5.80. The summed E-state index contributed by atoms with van der Waals surface area (Å²) in [5, 5.41) is 12.1. The highest BCUT2D eigenvalue weighted by Crippen LogP contribution is 2.24. The second-order valence-electron chi connectivity index (χ2n) is 5.83. The molecule has 0 aliphatic carbocycles. The first kappa shape index (κ1) is 21.7. The number of hydrogen-bond acceptors (Lipinski definition) is 4. The van der Waals surface area contributed by atoms with E-state index in [1.165, 1.54) is 6.21 Å². The molecule has 150 valence electrons. The van der Waals surface area contributed by atoms with Gasteiger partial charge in [-0.15, -0.1) is 0 Å². The Morgan fingerprint density at radius 3 is 2.34 bits per heavy atom. The molecule has 1 N–H and O–H groups in total. The van der Waals surface area contributed by atoms with Crippen LogP contribution in [0.5, 0.6) is 5.75 Å². The Kier molecular flexibility index (Phi) is 8.96. The zero-order chi connectivity index (χ0) is 20.9. The molecule has 0 aromatic heterocycles. The lowest BCUT2D eigenvalue weighted by molar-refractivity contribution is -0.142. The van der Waals surface area contributed by atoms with Crippen LogP contribution in [0.15, 0.2) is 84.0 Å². The summed E-state index contributed by atoms with van der Waals surface area (Å²) < 4.78 is 5.88. The van der Waals surface area contributed by atoms with E-state index in [1.807, 2.05) is 92.7 Å². The molecule has 29 heavy (non-hydrogen) atoms. The third kappa shape index (κ3) is 7.50. The van der Waals surface area contributed by atoms with E-state index in [0.717, 1.165) is 28.0 Å². The average molecular weight is 391 g/mol. The quantitative estimate of drug-likeness (QED) is 0.413. The average Bonchev–Trinajstić information content (AvgIpc) is 2.78. The first-order chi connectivity index (χ1) is 14.2. The van der Waals surface area contributed by atoms with E-state index in [4.69, 9.17) is 9.84 Å². The zero-order valence-corrected chi connectivity index (χ0v) is 16.6. The van der Waals surface area contributed by atoms with Gasteiger partial charge in [-0.1, -0.05) is 85.7 Å². The van der Waals surface area contributed by atoms with Crippen LogP contribution in [0, 0.1) is 0 Å². The van der Waals surface area contributed by atoms with Gasteiger partial charge in [0.25, 0.3) is 0 Å². The molecule has 0 heterocycles. The maximum absolute atomic E-state index is 10.4. The Bertz CT molecular complexity index is 906. The van der Waals surface area contributed by atoms with Crippen LogP contribution in [-0.2, 0) is 16.2 Å². The minimum Gasteiger partial charge on any atom is -0.489 e. The van der Waals surface area contributed by atoms with Gasteiger partial charge >= 0.3 is 5.97 Å². The van der Waals surface area contributed by atoms with E-state index >= 15 is 0 Å². The molecule has 0 atom stereocenters. The summed E-state index contributed by atoms with van der Waals surface area (Å²) in [6.45, 7) is 4.07. The van der Waals surface area contributed by atoms with Gasteiger partial charge in [0.05, 0.1) is 6.21 Å². The molecule has 0 spiro atoms. The van der Waals surface area contributed by atoms with Crippen LogP contribution in [0.1, 0.15) is 25.0 Å². The van der Waals surface area contributed by atoms with Gasteiger partial charge in [-0.2, -0.15) is 0 Å². The number of carboxylic acids is 1. The fraction of sp³-hybridized carbons (Fsp3) is 0.167. The Balaban J connectivity index is 0.00000145. The molecule has 0 saturated heterocycles. The normalized spacial score (nSPS) is 10.1. The molecule has 0 radical (unpaired) electrons. The van der Waals surface area contributed by atoms with Crippen LogP contribution in [0.2, 0.25) is 0 Å². The lowest BCUT2D eigenvalue weighted by atomic mass is 10.0. The number of carboxylic acid groups (broad SMARTS) is 1. The second-order valence-corrected chi connectivity index (χ2v) is 5.83. The molecule has 3 aromatic carbocycles. The predicted molar refractivity (Wildman–Crippen MR) is 115 cm³/mol. The third-order valence-corrected chi connectivity index (χ3v) is 3.79. The summed E-state index contributed by atoms with van der Waals surface area (Å²) in [7, 11) is 0. The molecule has 0 aliphatic heterocycles. The Hall–Kier alpha value is -3.60. The van der Waals surface area contributed by atoms with Crippen molar-refractivity contribution in [1.82, 2.24) is 0 Å². The Morgan fingerprint density at radius 2 is 1.66 bits per heavy atom. The molecule has 5 heteroatoms. The number of ether oxygens (including phenoxy) is 1. The van der Waals surface area contributed by atoms with Crippen LogP contribution >= 0.6 is 0 Å². The molecular formula is C24H25NO4. The predicted octanol–water partition coefficient (Wildman–Crippen LogP) is 5.39. The van der Waals surface area contributed by atoms with Gasteiger partial charge in [-0.3, -0.25) is 0 Å². The van der Waals surface area contributed by atoms with Gasteiger partial charge < -0.3 is 14.7 Å². The van der Waals surface area contributed by atoms with Crippen LogP contribution in [0.4, 0.5) is 0 Å². The Morgan fingerprint density at radius 1 is 0.931 bits per heavy atom. The van der Waals surface area contributed by atoms with E-state index in [1.54, 1.807) is 0 Å². The monoisotopic (exact) mass is 391 g/mol. The molecule has 5 nitrogen and oxygen atoms in total. The topological polar surface area (TPSA) is 68.1 Å². The van der Waals surface area contributed by atoms with E-state index in [9.17, 15) is 4.79 Å². The number of aliphatic carboxylic acids is 1. The SMILES string of the molecule is CC.O=C(O)CO/N=C/c1ccc(-c2cccc(OCc3ccccc3)c2)cc1. The zero-order valence-electron chi connectivity index (χ0n) is 16.6. The van der Waals surface area contributed by atoms with Crippen molar-refractivity contribution in [2.45, 2.75) is 20.5 Å². The minimum absolute atomic E-state index is 0.454. The fourth-order valence-corrected chi connectivity index (χ4v) is 2.46. The summed E-state index contributed by atoms with van der Waals surface area (Å²) in [6.07, 6.45) is 1.48. The molecule has 0 amide bonds. The molecule has 0 unspecified atom stereocenters. The van der Waals surface area contributed by atoms with Gasteiger partial charge in [0.2, 0.25) is 6.61 Å². The van der Waals surface area contributed by atoms with Gasteiger partial charge in [-0.05, 0) is 34.4 Å². The van der Waals surface area contributed by atoms with E-state index in [0.29, 0.717) is 6.61 Å². The summed E-state index contributed by atoms with van der Waals surface area (Å²) >= 11 is 0. The van der Waals surface area contributed by atoms with Gasteiger partial charge in [0.1, 0.15) is 12.4 Å². The van der Waals surface area contributed by atoms with Crippen molar-refractivity contribution in [3.05, 3.63) is 90.0 Å². The van der Waals surface area contributed by atoms with Gasteiger partial charge in [0, 0.05) is 0 Å². The van der Waals surface area contributed by atoms with Crippen LogP contribution < -0.4 is 4.74 Å². The molecular weight excluding hydrogens is 366 g/mol. The second kappa shape index (κ2) is 12.0. The van der Waals surface area contributed by atoms with Crippen molar-refractivity contribution in [2.24, 2.45) is 5.16 Å². The summed E-state index contributed by atoms with van der Waals surface area (Å²) in [5.74, 6) is -0.249. The number of carbonyl (C=O) groups is 1. The third-order valence-electron chi connectivity index (χ3n) is 3.79. The number of oxime groups is 1. The first-order valence-electron chi connectivity index (χ1n) is 9.45. The van der Waals surface area contributed by atoms with Gasteiger partial charge in [0.15, 0.2) is 0 Å². The molecule has 0 saturated carbocycles. The van der Waals surface area contributed by atoms with Crippen molar-refractivity contribution < 1.29 is 19.5 Å². The van der Waals surface area contributed by atoms with Crippen molar-refractivity contribution in [2.75, 3.05) is 6.61 Å². The van der Waals surface area contributed by atoms with Crippen molar-refractivity contribution in [3.63, 3.8) is 0 Å². The largest absolute Gasteiger partial charge is 0.489 e.